The average Bonchev–Trinajstić information content (AvgIpc) is 3.16. The minimum absolute atomic E-state index is 0.215. The number of hydrogen-bond acceptors (Lipinski definition) is 2. The highest BCUT2D eigenvalue weighted by Gasteiger charge is 2.41. The predicted octanol–water partition coefficient (Wildman–Crippen LogP) is 5.14. The van der Waals surface area contributed by atoms with E-state index in [1.807, 2.05) is 13.2 Å². The third-order valence-electron chi connectivity index (χ3n) is 5.15. The molecule has 0 amide bonds. The summed E-state index contributed by atoms with van der Waals surface area (Å²) in [7, 11) is 3.59. The number of methoxy groups -OCH3 is 2. The smallest absolute Gasteiger partial charge is 0.0993 e. The number of benzene rings is 1. The zero-order valence-electron chi connectivity index (χ0n) is 14.1. The van der Waals surface area contributed by atoms with Gasteiger partial charge in [0.15, 0.2) is 0 Å². The second-order valence-corrected chi connectivity index (χ2v) is 6.52. The van der Waals surface area contributed by atoms with Gasteiger partial charge in [0.1, 0.15) is 0 Å². The Bertz CT molecular complexity index is 606. The van der Waals surface area contributed by atoms with Crippen molar-refractivity contribution in [1.82, 2.24) is 0 Å². The molecule has 1 aromatic carbocycles. The third kappa shape index (κ3) is 3.59. The Morgan fingerprint density at radius 2 is 1.78 bits per heavy atom. The third-order valence-corrected chi connectivity index (χ3v) is 5.15. The normalized spacial score (nSPS) is 25.5. The first-order valence-corrected chi connectivity index (χ1v) is 8.51. The van der Waals surface area contributed by atoms with Crippen LogP contribution in [0.3, 0.4) is 0 Å². The molecule has 0 heterocycles. The zero-order chi connectivity index (χ0) is 16.1. The fraction of sp³-hybridized carbons (Fsp3) is 0.429. The predicted molar refractivity (Wildman–Crippen MR) is 95.0 cm³/mol. The molecule has 122 valence electrons. The molecule has 23 heavy (non-hydrogen) atoms. The highest BCUT2D eigenvalue weighted by molar-refractivity contribution is 5.56. The van der Waals surface area contributed by atoms with Crippen LogP contribution in [-0.4, -0.2) is 19.8 Å². The second kappa shape index (κ2) is 7.18. The van der Waals surface area contributed by atoms with Crippen LogP contribution in [0.1, 0.15) is 37.7 Å². The van der Waals surface area contributed by atoms with Crippen molar-refractivity contribution < 1.29 is 9.47 Å². The molecule has 0 radical (unpaired) electrons. The van der Waals surface area contributed by atoms with Crippen LogP contribution >= 0.6 is 0 Å². The van der Waals surface area contributed by atoms with Crippen LogP contribution in [0.4, 0.5) is 0 Å². The summed E-state index contributed by atoms with van der Waals surface area (Å²) in [5.41, 5.74) is 2.16. The number of ether oxygens (including phenoxy) is 2. The van der Waals surface area contributed by atoms with Gasteiger partial charge in [-0.15, -0.1) is 0 Å². The Balaban J connectivity index is 1.89. The lowest BCUT2D eigenvalue weighted by molar-refractivity contribution is -0.0261. The SMILES string of the molecule is COC1=CC(/C=C/c2ccccc2)=CC(OC)(C2CCCC2)C1. The van der Waals surface area contributed by atoms with E-state index in [1.165, 1.54) is 36.8 Å². The molecule has 1 saturated carbocycles. The van der Waals surface area contributed by atoms with E-state index in [0.29, 0.717) is 5.92 Å². The molecular formula is C21H26O2. The molecular weight excluding hydrogens is 284 g/mol. The van der Waals surface area contributed by atoms with Gasteiger partial charge >= 0.3 is 0 Å². The quantitative estimate of drug-likeness (QED) is 0.750. The summed E-state index contributed by atoms with van der Waals surface area (Å²) in [6.45, 7) is 0. The lowest BCUT2D eigenvalue weighted by Gasteiger charge is -2.38. The summed E-state index contributed by atoms with van der Waals surface area (Å²) in [5, 5.41) is 0. The molecule has 2 aliphatic rings. The summed E-state index contributed by atoms with van der Waals surface area (Å²) in [6, 6.07) is 10.4. The molecule has 0 aromatic heterocycles. The first-order valence-electron chi connectivity index (χ1n) is 8.51. The lowest BCUT2D eigenvalue weighted by atomic mass is 9.78. The summed E-state index contributed by atoms with van der Waals surface area (Å²) in [4.78, 5) is 0. The molecule has 0 saturated heterocycles. The highest BCUT2D eigenvalue weighted by Crippen LogP contribution is 2.43. The first-order chi connectivity index (χ1) is 11.3. The fourth-order valence-corrected chi connectivity index (χ4v) is 3.84. The molecule has 0 aliphatic heterocycles. The van der Waals surface area contributed by atoms with Crippen LogP contribution in [-0.2, 0) is 9.47 Å². The molecule has 1 unspecified atom stereocenters. The van der Waals surface area contributed by atoms with E-state index in [1.54, 1.807) is 7.11 Å². The molecule has 1 atom stereocenters. The van der Waals surface area contributed by atoms with Crippen LogP contribution in [0.15, 0.2) is 59.9 Å². The van der Waals surface area contributed by atoms with Gasteiger partial charge in [-0.3, -0.25) is 0 Å². The molecule has 2 aliphatic carbocycles. The van der Waals surface area contributed by atoms with E-state index in [2.05, 4.69) is 48.6 Å². The molecule has 1 aromatic rings. The van der Waals surface area contributed by atoms with E-state index in [9.17, 15) is 0 Å². The molecule has 0 bridgehead atoms. The second-order valence-electron chi connectivity index (χ2n) is 6.52. The largest absolute Gasteiger partial charge is 0.501 e. The summed E-state index contributed by atoms with van der Waals surface area (Å²) >= 11 is 0. The monoisotopic (exact) mass is 310 g/mol. The Labute approximate surface area is 139 Å². The van der Waals surface area contributed by atoms with Gasteiger partial charge in [-0.25, -0.2) is 0 Å². The van der Waals surface area contributed by atoms with E-state index >= 15 is 0 Å². The topological polar surface area (TPSA) is 18.5 Å². The van der Waals surface area contributed by atoms with Crippen LogP contribution in [0.5, 0.6) is 0 Å². The van der Waals surface area contributed by atoms with Crippen LogP contribution in [0.2, 0.25) is 0 Å². The fourth-order valence-electron chi connectivity index (χ4n) is 3.84. The average molecular weight is 310 g/mol. The van der Waals surface area contributed by atoms with Crippen molar-refractivity contribution in [3.8, 4) is 0 Å². The minimum Gasteiger partial charge on any atom is -0.501 e. The molecule has 0 N–H and O–H groups in total. The maximum absolute atomic E-state index is 6.05. The lowest BCUT2D eigenvalue weighted by Crippen LogP contribution is -2.39. The van der Waals surface area contributed by atoms with Crippen LogP contribution in [0.25, 0.3) is 6.08 Å². The Morgan fingerprint density at radius 3 is 2.43 bits per heavy atom. The first kappa shape index (κ1) is 16.1. The Hall–Kier alpha value is -1.80. The van der Waals surface area contributed by atoms with Crippen LogP contribution < -0.4 is 0 Å². The Kier molecular flexibility index (Phi) is 5.02. The summed E-state index contributed by atoms with van der Waals surface area (Å²) in [5.74, 6) is 1.60. The summed E-state index contributed by atoms with van der Waals surface area (Å²) in [6.07, 6.45) is 14.7. The van der Waals surface area contributed by atoms with Crippen molar-refractivity contribution in [2.45, 2.75) is 37.7 Å². The van der Waals surface area contributed by atoms with E-state index in [0.717, 1.165) is 12.2 Å². The van der Waals surface area contributed by atoms with Crippen molar-refractivity contribution in [1.29, 1.82) is 0 Å². The van der Waals surface area contributed by atoms with Crippen LogP contribution in [0, 0.1) is 5.92 Å². The highest BCUT2D eigenvalue weighted by atomic mass is 16.5. The van der Waals surface area contributed by atoms with Crippen molar-refractivity contribution in [2.75, 3.05) is 14.2 Å². The number of hydrogen-bond donors (Lipinski definition) is 0. The molecule has 2 nitrogen and oxygen atoms in total. The minimum atomic E-state index is -0.215. The van der Waals surface area contributed by atoms with E-state index in [4.69, 9.17) is 9.47 Å². The maximum Gasteiger partial charge on any atom is 0.0993 e. The molecule has 0 spiro atoms. The van der Waals surface area contributed by atoms with Gasteiger partial charge in [-0.05, 0) is 42.0 Å². The van der Waals surface area contributed by atoms with Gasteiger partial charge in [0, 0.05) is 13.5 Å². The number of allylic oxidation sites excluding steroid dienone is 3. The number of rotatable bonds is 5. The zero-order valence-corrected chi connectivity index (χ0v) is 14.1. The van der Waals surface area contributed by atoms with E-state index in [-0.39, 0.29) is 5.60 Å². The van der Waals surface area contributed by atoms with Crippen molar-refractivity contribution in [3.63, 3.8) is 0 Å². The van der Waals surface area contributed by atoms with Crippen molar-refractivity contribution >= 4 is 6.08 Å². The van der Waals surface area contributed by atoms with Gasteiger partial charge in [-0.1, -0.05) is 55.3 Å². The summed E-state index contributed by atoms with van der Waals surface area (Å²) < 4.78 is 11.6. The molecule has 3 rings (SSSR count). The van der Waals surface area contributed by atoms with E-state index < -0.39 is 0 Å². The maximum atomic E-state index is 6.05. The van der Waals surface area contributed by atoms with Gasteiger partial charge in [-0.2, -0.15) is 0 Å². The van der Waals surface area contributed by atoms with Crippen molar-refractivity contribution in [3.05, 3.63) is 65.5 Å². The van der Waals surface area contributed by atoms with Gasteiger partial charge in [0.25, 0.3) is 0 Å². The molecule has 1 fully saturated rings. The standard InChI is InChI=1S/C21H26O2/c1-22-20-14-18(13-12-17-8-4-3-5-9-17)15-21(16-20,23-2)19-10-6-7-11-19/h3-5,8-9,12-15,19H,6-7,10-11,16H2,1-2H3/b13-12+. The van der Waals surface area contributed by atoms with Gasteiger partial charge < -0.3 is 9.47 Å². The van der Waals surface area contributed by atoms with Crippen molar-refractivity contribution in [2.24, 2.45) is 5.92 Å². The van der Waals surface area contributed by atoms with Gasteiger partial charge in [0.2, 0.25) is 0 Å². The van der Waals surface area contributed by atoms with Gasteiger partial charge in [0.05, 0.1) is 18.5 Å². The Morgan fingerprint density at radius 1 is 1.04 bits per heavy atom. The molecule has 2 heteroatoms.